The Bertz CT molecular complexity index is 1420. The number of H-pyrrole nitrogens is 1. The van der Waals surface area contributed by atoms with Gasteiger partial charge in [-0.05, 0) is 98.8 Å². The number of benzene rings is 1. The molecule has 6 atom stereocenters. The molecule has 1 aromatic heterocycles. The van der Waals surface area contributed by atoms with E-state index in [4.69, 9.17) is 10.5 Å². The molecule has 8 heteroatoms. The maximum atomic E-state index is 11.2. The summed E-state index contributed by atoms with van der Waals surface area (Å²) in [6.45, 7) is 2.61. The molecule has 0 unspecified atom stereocenters. The molecule has 48 heavy (non-hydrogen) atoms. The summed E-state index contributed by atoms with van der Waals surface area (Å²) in [5.41, 5.74) is 9.38. The second-order valence-corrected chi connectivity index (χ2v) is 14.3. The number of aliphatic hydroxyl groups excluding tert-OH is 3. The lowest BCUT2D eigenvalue weighted by atomic mass is 9.60. The van der Waals surface area contributed by atoms with Gasteiger partial charge in [0.1, 0.15) is 6.10 Å². The van der Waals surface area contributed by atoms with Crippen LogP contribution in [0, 0.1) is 29.6 Å². The Labute approximate surface area is 286 Å². The van der Waals surface area contributed by atoms with Crippen molar-refractivity contribution in [1.82, 2.24) is 10.3 Å². The molecule has 1 aromatic carbocycles. The molecule has 0 bridgehead atoms. The molecular formula is C40H57N3O5. The third kappa shape index (κ3) is 8.99. The van der Waals surface area contributed by atoms with Gasteiger partial charge in [0.15, 0.2) is 11.5 Å². The van der Waals surface area contributed by atoms with Crippen LogP contribution in [0.5, 0.6) is 11.5 Å². The first-order valence-electron chi connectivity index (χ1n) is 18.3. The fraction of sp³-hybridized carbons (Fsp3) is 0.600. The summed E-state index contributed by atoms with van der Waals surface area (Å²) in [6, 6.07) is 9.52. The Morgan fingerprint density at radius 1 is 1.10 bits per heavy atom. The number of dihydropyridines is 1. The quantitative estimate of drug-likeness (QED) is 0.131. The number of aryl methyl sites for hydroxylation is 1. The number of allylic oxidation sites excluding steroid dienone is 2. The van der Waals surface area contributed by atoms with Crippen LogP contribution in [0.2, 0.25) is 0 Å². The fourth-order valence-electron chi connectivity index (χ4n) is 8.25. The van der Waals surface area contributed by atoms with Crippen molar-refractivity contribution in [1.29, 1.82) is 0 Å². The minimum absolute atomic E-state index is 0.0137. The molecule has 8 nitrogen and oxygen atoms in total. The first-order chi connectivity index (χ1) is 23.3. The van der Waals surface area contributed by atoms with Crippen LogP contribution in [0.3, 0.4) is 0 Å². The number of ether oxygens (including phenoxy) is 1. The zero-order valence-electron chi connectivity index (χ0n) is 28.7. The largest absolute Gasteiger partial charge is 0.504 e. The van der Waals surface area contributed by atoms with E-state index in [9.17, 15) is 20.4 Å². The SMILES string of the molecule is CC[C@@H]1C#CC[C@H]([C@H](O)CCc2ccc(O)c(O[C@H](CO)C[C@H](C3=CCNC(N)=C3)C3(c4ccc[nH]4)CCCCC3)c2)[C@@H](O)CCCC1. The predicted octanol–water partition coefficient (Wildman–Crippen LogP) is 5.96. The Morgan fingerprint density at radius 3 is 2.65 bits per heavy atom. The van der Waals surface area contributed by atoms with Crippen molar-refractivity contribution in [3.8, 4) is 23.3 Å². The van der Waals surface area contributed by atoms with Gasteiger partial charge >= 0.3 is 0 Å². The molecule has 5 rings (SSSR count). The molecule has 0 radical (unpaired) electrons. The highest BCUT2D eigenvalue weighted by molar-refractivity contribution is 5.42. The highest BCUT2D eigenvalue weighted by atomic mass is 16.5. The van der Waals surface area contributed by atoms with Gasteiger partial charge in [-0.3, -0.25) is 0 Å². The Hall–Kier alpha value is -3.38. The van der Waals surface area contributed by atoms with Crippen molar-refractivity contribution in [3.05, 3.63) is 71.3 Å². The minimum Gasteiger partial charge on any atom is -0.504 e. The average molecular weight is 660 g/mol. The van der Waals surface area contributed by atoms with Crippen LogP contribution < -0.4 is 15.8 Å². The van der Waals surface area contributed by atoms with E-state index < -0.39 is 18.3 Å². The normalized spacial score (nSPS) is 24.9. The number of phenolic OH excluding ortho intramolecular Hbond substituents is 1. The van der Waals surface area contributed by atoms with Gasteiger partial charge in [-0.25, -0.2) is 0 Å². The lowest BCUT2D eigenvalue weighted by Gasteiger charge is -2.45. The summed E-state index contributed by atoms with van der Waals surface area (Å²) in [6.07, 6.45) is 16.7. The maximum Gasteiger partial charge on any atom is 0.161 e. The average Bonchev–Trinajstić information content (AvgIpc) is 3.66. The number of nitrogens with two attached hydrogens (primary N) is 1. The molecule has 0 amide bonds. The van der Waals surface area contributed by atoms with Crippen LogP contribution in [-0.4, -0.2) is 56.9 Å². The standard InChI is InChI=1S/C40H57N3O5/c1-2-28-10-4-5-13-34(45)32(12-8-11-28)35(46)17-15-29-16-18-36(47)37(24-29)48-31(27-44)26-33(30-19-23-43-39(41)25-30)40(20-6-3-7-21-40)38-14-9-22-42-38/h9,14,16,18-19,22,24-25,28,31-35,42-47H,2-7,10,12-13,15,17,20-21,23,26-27,41H2,1H3/t28-,31-,32-,33+,34-,35+/m0/s1. The molecule has 2 heterocycles. The molecule has 1 fully saturated rings. The topological polar surface area (TPSA) is 144 Å². The Kier molecular flexibility index (Phi) is 13.0. The summed E-state index contributed by atoms with van der Waals surface area (Å²) in [5, 5.41) is 46.9. The predicted molar refractivity (Wildman–Crippen MR) is 190 cm³/mol. The van der Waals surface area contributed by atoms with Gasteiger partial charge in [0.05, 0.1) is 24.6 Å². The number of aromatic nitrogens is 1. The molecule has 3 aliphatic rings. The van der Waals surface area contributed by atoms with Gasteiger partial charge in [0, 0.05) is 42.1 Å². The Balaban J connectivity index is 1.31. The summed E-state index contributed by atoms with van der Waals surface area (Å²) in [7, 11) is 0. The number of aliphatic hydroxyl groups is 3. The van der Waals surface area contributed by atoms with E-state index in [1.54, 1.807) is 6.07 Å². The van der Waals surface area contributed by atoms with Crippen LogP contribution in [0.15, 0.2) is 60.1 Å². The monoisotopic (exact) mass is 659 g/mol. The van der Waals surface area contributed by atoms with E-state index in [-0.39, 0.29) is 29.6 Å². The molecule has 1 saturated carbocycles. The smallest absolute Gasteiger partial charge is 0.161 e. The van der Waals surface area contributed by atoms with Gasteiger partial charge in [0.2, 0.25) is 0 Å². The molecule has 2 aliphatic carbocycles. The van der Waals surface area contributed by atoms with Crippen molar-refractivity contribution >= 4 is 0 Å². The molecule has 0 saturated heterocycles. The van der Waals surface area contributed by atoms with Crippen LogP contribution in [-0.2, 0) is 11.8 Å². The second-order valence-electron chi connectivity index (χ2n) is 14.3. The van der Waals surface area contributed by atoms with Crippen LogP contribution in [0.4, 0.5) is 0 Å². The van der Waals surface area contributed by atoms with Crippen LogP contribution in [0.1, 0.15) is 102 Å². The van der Waals surface area contributed by atoms with Gasteiger partial charge < -0.3 is 41.2 Å². The summed E-state index contributed by atoms with van der Waals surface area (Å²) in [5.74, 6) is 7.74. The number of nitrogens with one attached hydrogen (secondary N) is 2. The van der Waals surface area contributed by atoms with Gasteiger partial charge in [-0.15, -0.1) is 5.92 Å². The number of hydrogen-bond donors (Lipinski definition) is 7. The number of aromatic amines is 1. The van der Waals surface area contributed by atoms with Gasteiger partial charge in [-0.1, -0.05) is 57.1 Å². The van der Waals surface area contributed by atoms with E-state index in [1.165, 1.54) is 12.1 Å². The van der Waals surface area contributed by atoms with Crippen molar-refractivity contribution in [2.45, 2.75) is 121 Å². The van der Waals surface area contributed by atoms with Crippen molar-refractivity contribution in [2.24, 2.45) is 23.5 Å². The summed E-state index contributed by atoms with van der Waals surface area (Å²) in [4.78, 5) is 3.52. The zero-order chi connectivity index (χ0) is 33.9. The first kappa shape index (κ1) is 35.9. The highest BCUT2D eigenvalue weighted by Gasteiger charge is 2.44. The highest BCUT2D eigenvalue weighted by Crippen LogP contribution is 2.50. The number of rotatable bonds is 13. The molecule has 0 spiro atoms. The number of aromatic hydroxyl groups is 1. The second kappa shape index (κ2) is 17.3. The Morgan fingerprint density at radius 2 is 1.92 bits per heavy atom. The zero-order valence-corrected chi connectivity index (χ0v) is 28.7. The first-order valence-corrected chi connectivity index (χ1v) is 18.3. The lowest BCUT2D eigenvalue weighted by Crippen LogP contribution is -2.42. The molecule has 8 N–H and O–H groups in total. The van der Waals surface area contributed by atoms with Crippen LogP contribution >= 0.6 is 0 Å². The maximum absolute atomic E-state index is 11.2. The van der Waals surface area contributed by atoms with Crippen molar-refractivity contribution in [3.63, 3.8) is 0 Å². The van der Waals surface area contributed by atoms with Gasteiger partial charge in [-0.2, -0.15) is 0 Å². The lowest BCUT2D eigenvalue weighted by molar-refractivity contribution is 0.00559. The van der Waals surface area contributed by atoms with E-state index in [0.29, 0.717) is 56.1 Å². The van der Waals surface area contributed by atoms with E-state index >= 15 is 0 Å². The van der Waals surface area contributed by atoms with Crippen molar-refractivity contribution < 1.29 is 25.2 Å². The van der Waals surface area contributed by atoms with E-state index in [2.05, 4.69) is 47.3 Å². The number of phenols is 1. The third-order valence-corrected chi connectivity index (χ3v) is 11.1. The van der Waals surface area contributed by atoms with E-state index in [1.807, 2.05) is 24.4 Å². The minimum atomic E-state index is -0.698. The van der Waals surface area contributed by atoms with E-state index in [0.717, 1.165) is 62.5 Å². The molecule has 262 valence electrons. The number of hydrogen-bond acceptors (Lipinski definition) is 7. The van der Waals surface area contributed by atoms with Gasteiger partial charge in [0.25, 0.3) is 0 Å². The molecule has 1 aliphatic heterocycles. The van der Waals surface area contributed by atoms with Crippen molar-refractivity contribution in [2.75, 3.05) is 13.2 Å². The molecule has 2 aromatic rings. The molecular weight excluding hydrogens is 602 g/mol. The third-order valence-electron chi connectivity index (χ3n) is 11.1. The summed E-state index contributed by atoms with van der Waals surface area (Å²) < 4.78 is 6.43. The fourth-order valence-corrected chi connectivity index (χ4v) is 8.25. The summed E-state index contributed by atoms with van der Waals surface area (Å²) >= 11 is 0. The van der Waals surface area contributed by atoms with Crippen LogP contribution in [0.25, 0.3) is 0 Å².